The molecule has 2 aromatic carbocycles. The Bertz CT molecular complexity index is 630. The monoisotopic (exact) mass is 385 g/mol. The van der Waals surface area contributed by atoms with E-state index in [0.717, 1.165) is 17.9 Å². The summed E-state index contributed by atoms with van der Waals surface area (Å²) in [6.45, 7) is 0. The van der Waals surface area contributed by atoms with Crippen LogP contribution in [-0.4, -0.2) is 14.2 Å². The average Bonchev–Trinajstić information content (AvgIpc) is 2.77. The van der Waals surface area contributed by atoms with Crippen LogP contribution in [0.4, 0.5) is 0 Å². The molecule has 0 saturated heterocycles. The molecular formula is C15H13Cl2O2Zr. The summed E-state index contributed by atoms with van der Waals surface area (Å²) in [5, 5.41) is 0. The van der Waals surface area contributed by atoms with Crippen LogP contribution in [-0.2, 0) is 31.1 Å². The Kier molecular flexibility index (Phi) is 6.12. The zero-order chi connectivity index (χ0) is 12.7. The van der Waals surface area contributed by atoms with Gasteiger partial charge in [-0.05, 0) is 0 Å². The molecule has 3 rings (SSSR count). The summed E-state index contributed by atoms with van der Waals surface area (Å²) in [4.78, 5) is 0. The van der Waals surface area contributed by atoms with Gasteiger partial charge in [-0.25, -0.2) is 0 Å². The maximum absolute atomic E-state index is 5.41. The normalized spacial score (nSPS) is 10.8. The molecule has 0 spiro atoms. The first kappa shape index (κ1) is 17.6. The predicted molar refractivity (Wildman–Crippen MR) is 67.4 cm³/mol. The Morgan fingerprint density at radius 3 is 2.30 bits per heavy atom. The van der Waals surface area contributed by atoms with E-state index in [9.17, 15) is 0 Å². The van der Waals surface area contributed by atoms with Crippen LogP contribution in [0, 0.1) is 0 Å². The topological polar surface area (TPSA) is 18.5 Å². The predicted octanol–water partition coefficient (Wildman–Crippen LogP) is -3.54. The first-order chi connectivity index (χ1) is 8.74. The van der Waals surface area contributed by atoms with Crippen LogP contribution in [0.5, 0.6) is 11.5 Å². The maximum atomic E-state index is 5.41. The second-order valence-corrected chi connectivity index (χ2v) is 5.60. The van der Waals surface area contributed by atoms with Crippen LogP contribution in [0.1, 0.15) is 11.1 Å². The molecule has 0 atom stereocenters. The van der Waals surface area contributed by atoms with Gasteiger partial charge in [-0.15, -0.1) is 0 Å². The summed E-state index contributed by atoms with van der Waals surface area (Å²) >= 11 is 1.40. The third-order valence-corrected chi connectivity index (χ3v) is 4.81. The number of halogens is 2. The average molecular weight is 387 g/mol. The van der Waals surface area contributed by atoms with Crippen molar-refractivity contribution in [3.8, 4) is 22.6 Å². The second-order valence-electron chi connectivity index (χ2n) is 4.37. The molecule has 0 aliphatic heterocycles. The number of hydrogen-bond donors (Lipinski definition) is 0. The largest absolute Gasteiger partial charge is 1.00 e. The zero-order valence-corrected chi connectivity index (χ0v) is 15.1. The van der Waals surface area contributed by atoms with Crippen molar-refractivity contribution in [2.24, 2.45) is 0 Å². The van der Waals surface area contributed by atoms with Gasteiger partial charge in [-0.1, -0.05) is 0 Å². The minimum atomic E-state index is 0. The van der Waals surface area contributed by atoms with Crippen molar-refractivity contribution >= 4 is 3.27 Å². The number of hydrogen-bond acceptors (Lipinski definition) is 2. The fourth-order valence-corrected chi connectivity index (χ4v) is 3.53. The number of ether oxygens (including phenoxy) is 2. The molecule has 0 aromatic heterocycles. The summed E-state index contributed by atoms with van der Waals surface area (Å²) < 4.78 is 12.0. The van der Waals surface area contributed by atoms with E-state index >= 15 is 0 Å². The van der Waals surface area contributed by atoms with Crippen LogP contribution >= 0.6 is 0 Å². The van der Waals surface area contributed by atoms with Crippen LogP contribution in [0.15, 0.2) is 30.3 Å². The van der Waals surface area contributed by atoms with Gasteiger partial charge in [-0.3, -0.25) is 0 Å². The Balaban J connectivity index is 0.000001000. The smallest absolute Gasteiger partial charge is 1.00 e. The molecule has 20 heavy (non-hydrogen) atoms. The van der Waals surface area contributed by atoms with Crippen LogP contribution in [0.3, 0.4) is 0 Å². The Morgan fingerprint density at radius 1 is 0.950 bits per heavy atom. The van der Waals surface area contributed by atoms with Crippen molar-refractivity contribution in [3.63, 3.8) is 0 Å². The van der Waals surface area contributed by atoms with Gasteiger partial charge >= 0.3 is 122 Å². The minimum absolute atomic E-state index is 0. The van der Waals surface area contributed by atoms with E-state index < -0.39 is 0 Å². The van der Waals surface area contributed by atoms with Crippen molar-refractivity contribution in [1.29, 1.82) is 0 Å². The second kappa shape index (κ2) is 6.98. The molecule has 0 heterocycles. The Hall–Kier alpha value is -0.497. The summed E-state index contributed by atoms with van der Waals surface area (Å²) in [5.41, 5.74) is 5.44. The number of rotatable bonds is 2. The molecule has 5 heteroatoms. The summed E-state index contributed by atoms with van der Waals surface area (Å²) in [5.74, 6) is 1.94. The van der Waals surface area contributed by atoms with Crippen LogP contribution in [0.2, 0.25) is 0 Å². The summed E-state index contributed by atoms with van der Waals surface area (Å²) in [7, 11) is 3.45. The minimum Gasteiger partial charge on any atom is -1.00 e. The first-order valence-electron chi connectivity index (χ1n) is 5.83. The number of benzene rings is 2. The maximum Gasteiger partial charge on any atom is -1.00 e. The van der Waals surface area contributed by atoms with Gasteiger partial charge in [-0.2, -0.15) is 0 Å². The van der Waals surface area contributed by atoms with Crippen molar-refractivity contribution in [3.05, 3.63) is 41.5 Å². The SMILES string of the molecule is COc1ccc2c(c1)Cc1c-2ccc(OC)[c]1[Zr+2].[Cl-].[Cl-]. The molecule has 103 valence electrons. The third-order valence-electron chi connectivity index (χ3n) is 3.46. The van der Waals surface area contributed by atoms with Gasteiger partial charge in [0.1, 0.15) is 0 Å². The quantitative estimate of drug-likeness (QED) is 0.454. The first-order valence-corrected chi connectivity index (χ1v) is 7.06. The van der Waals surface area contributed by atoms with Crippen molar-refractivity contribution < 1.29 is 59.0 Å². The molecule has 1 aliphatic rings. The van der Waals surface area contributed by atoms with Gasteiger partial charge in [0.25, 0.3) is 0 Å². The van der Waals surface area contributed by atoms with E-state index in [1.807, 2.05) is 6.07 Å². The van der Waals surface area contributed by atoms with Crippen LogP contribution in [0.25, 0.3) is 11.1 Å². The van der Waals surface area contributed by atoms with Crippen molar-refractivity contribution in [1.82, 2.24) is 0 Å². The van der Waals surface area contributed by atoms with Crippen LogP contribution < -0.4 is 37.6 Å². The van der Waals surface area contributed by atoms with Gasteiger partial charge in [0.2, 0.25) is 0 Å². The molecule has 0 saturated carbocycles. The molecule has 0 radical (unpaired) electrons. The third kappa shape index (κ3) is 2.77. The fraction of sp³-hybridized carbons (Fsp3) is 0.200. The summed E-state index contributed by atoms with van der Waals surface area (Å²) in [6.07, 6.45) is 0.986. The zero-order valence-electron chi connectivity index (χ0n) is 11.2. The number of methoxy groups -OCH3 is 2. The molecule has 2 nitrogen and oxygen atoms in total. The van der Waals surface area contributed by atoms with Gasteiger partial charge < -0.3 is 24.8 Å². The molecule has 0 bridgehead atoms. The molecule has 0 N–H and O–H groups in total. The summed E-state index contributed by atoms with van der Waals surface area (Å²) in [6, 6.07) is 10.6. The van der Waals surface area contributed by atoms with E-state index in [4.69, 9.17) is 9.47 Å². The number of fused-ring (bicyclic) bond motifs is 3. The standard InChI is InChI=1S/C15H13O2.2ClH.Zr/c1-16-12-3-5-14-10(8-12)7-11-9-13(17-2)4-6-15(11)14;;;/h3-6,8H,7H2,1-2H3;2*1H;/q;;;+2/p-2. The molecular weight excluding hydrogens is 374 g/mol. The molecule has 0 unspecified atom stereocenters. The van der Waals surface area contributed by atoms with E-state index in [0.29, 0.717) is 0 Å². The van der Waals surface area contributed by atoms with Crippen molar-refractivity contribution in [2.75, 3.05) is 14.2 Å². The molecule has 0 fully saturated rings. The van der Waals surface area contributed by atoms with Gasteiger partial charge in [0, 0.05) is 0 Å². The van der Waals surface area contributed by atoms with Crippen molar-refractivity contribution in [2.45, 2.75) is 6.42 Å². The molecule has 2 aromatic rings. The fourth-order valence-electron chi connectivity index (χ4n) is 2.53. The van der Waals surface area contributed by atoms with Gasteiger partial charge in [0.05, 0.1) is 0 Å². The molecule has 1 aliphatic carbocycles. The Morgan fingerprint density at radius 2 is 1.65 bits per heavy atom. The Labute approximate surface area is 146 Å². The van der Waals surface area contributed by atoms with E-state index in [1.54, 1.807) is 14.2 Å². The van der Waals surface area contributed by atoms with E-state index in [2.05, 4.69) is 24.3 Å². The van der Waals surface area contributed by atoms with E-state index in [1.165, 1.54) is 50.2 Å². The van der Waals surface area contributed by atoms with Gasteiger partial charge in [0.15, 0.2) is 0 Å². The molecule has 0 amide bonds. The van der Waals surface area contributed by atoms with E-state index in [-0.39, 0.29) is 24.8 Å².